The molecule has 0 saturated heterocycles. The molecule has 0 aromatic carbocycles. The number of hydrogen-bond donors (Lipinski definition) is 1. The topological polar surface area (TPSA) is 63.3 Å². The molecule has 0 aliphatic carbocycles. The lowest BCUT2D eigenvalue weighted by atomic mass is 10.0. The molecular formula is C16H22N4O2. The van der Waals surface area contributed by atoms with Gasteiger partial charge in [0.15, 0.2) is 0 Å². The molecule has 0 spiro atoms. The summed E-state index contributed by atoms with van der Waals surface area (Å²) in [6, 6.07) is 6.18. The lowest BCUT2D eigenvalue weighted by Gasteiger charge is -2.22. The summed E-state index contributed by atoms with van der Waals surface area (Å²) in [5.74, 6) is 1.22. The molecule has 1 aliphatic heterocycles. The molecule has 2 aromatic rings. The molecule has 3 heterocycles. The third-order valence-electron chi connectivity index (χ3n) is 4.10. The van der Waals surface area contributed by atoms with Gasteiger partial charge in [-0.25, -0.2) is 0 Å². The Morgan fingerprint density at radius 2 is 2.36 bits per heavy atom. The van der Waals surface area contributed by atoms with Crippen molar-refractivity contribution in [1.29, 1.82) is 0 Å². The van der Waals surface area contributed by atoms with Crippen LogP contribution in [-0.2, 0) is 24.4 Å². The van der Waals surface area contributed by atoms with Gasteiger partial charge in [0.25, 0.3) is 0 Å². The van der Waals surface area contributed by atoms with Gasteiger partial charge in [0.1, 0.15) is 5.76 Å². The van der Waals surface area contributed by atoms with Crippen molar-refractivity contribution in [2.75, 3.05) is 13.6 Å². The van der Waals surface area contributed by atoms with Crippen molar-refractivity contribution in [1.82, 2.24) is 19.9 Å². The molecule has 1 N–H and O–H groups in total. The predicted molar refractivity (Wildman–Crippen MR) is 82.0 cm³/mol. The summed E-state index contributed by atoms with van der Waals surface area (Å²) < 4.78 is 7.41. The monoisotopic (exact) mass is 302 g/mol. The molecule has 6 heteroatoms. The van der Waals surface area contributed by atoms with E-state index in [1.54, 1.807) is 7.05 Å². The number of carbonyl (C=O) groups is 1. The summed E-state index contributed by atoms with van der Waals surface area (Å²) in [4.78, 5) is 14.1. The van der Waals surface area contributed by atoms with Crippen molar-refractivity contribution >= 4 is 5.91 Å². The summed E-state index contributed by atoms with van der Waals surface area (Å²) in [6.45, 7) is 5.26. The molecule has 1 amide bonds. The maximum absolute atomic E-state index is 11.7. The van der Waals surface area contributed by atoms with Crippen LogP contribution < -0.4 is 5.32 Å². The Kier molecular flexibility index (Phi) is 4.29. The molecule has 22 heavy (non-hydrogen) atoms. The fourth-order valence-electron chi connectivity index (χ4n) is 3.10. The number of carbonyl (C=O) groups excluding carboxylic acids is 1. The number of amides is 1. The van der Waals surface area contributed by atoms with E-state index >= 15 is 0 Å². The van der Waals surface area contributed by atoms with Gasteiger partial charge in [-0.05, 0) is 25.0 Å². The van der Waals surface area contributed by atoms with Crippen LogP contribution in [0.5, 0.6) is 0 Å². The molecule has 0 radical (unpaired) electrons. The summed E-state index contributed by atoms with van der Waals surface area (Å²) in [6.07, 6.45) is 2.64. The van der Waals surface area contributed by atoms with Gasteiger partial charge in [-0.2, -0.15) is 0 Å². The highest BCUT2D eigenvalue weighted by Crippen LogP contribution is 2.21. The molecule has 0 fully saturated rings. The lowest BCUT2D eigenvalue weighted by molar-refractivity contribution is -0.121. The number of rotatable bonds is 4. The van der Waals surface area contributed by atoms with Crippen LogP contribution in [0.25, 0.3) is 0 Å². The highest BCUT2D eigenvalue weighted by molar-refractivity contribution is 5.75. The van der Waals surface area contributed by atoms with Crippen molar-refractivity contribution in [3.8, 4) is 0 Å². The molecule has 0 saturated carbocycles. The molecule has 0 bridgehead atoms. The standard InChI is InChI=1S/C16H22N4O2/c1-12-6-14(18-22-12)10-19-8-13(7-16(21)17-2)9-20-5-3-4-15(20)11-19/h3-6,13H,7-11H2,1-2H3,(H,17,21). The quantitative estimate of drug-likeness (QED) is 0.931. The first-order valence-electron chi connectivity index (χ1n) is 7.63. The second-order valence-corrected chi connectivity index (χ2v) is 5.99. The van der Waals surface area contributed by atoms with Gasteiger partial charge in [0.2, 0.25) is 5.91 Å². The van der Waals surface area contributed by atoms with Gasteiger partial charge in [-0.15, -0.1) is 0 Å². The van der Waals surface area contributed by atoms with Gasteiger partial charge < -0.3 is 14.4 Å². The summed E-state index contributed by atoms with van der Waals surface area (Å²) in [7, 11) is 1.69. The molecule has 1 unspecified atom stereocenters. The van der Waals surface area contributed by atoms with Crippen LogP contribution in [0.1, 0.15) is 23.6 Å². The van der Waals surface area contributed by atoms with E-state index in [0.717, 1.165) is 37.6 Å². The third-order valence-corrected chi connectivity index (χ3v) is 4.10. The van der Waals surface area contributed by atoms with Gasteiger partial charge in [0.05, 0.1) is 5.69 Å². The van der Waals surface area contributed by atoms with Crippen molar-refractivity contribution in [3.05, 3.63) is 41.5 Å². The highest BCUT2D eigenvalue weighted by Gasteiger charge is 2.23. The highest BCUT2D eigenvalue weighted by atomic mass is 16.5. The fourth-order valence-corrected chi connectivity index (χ4v) is 3.10. The number of aromatic nitrogens is 2. The van der Waals surface area contributed by atoms with Crippen LogP contribution in [0, 0.1) is 12.8 Å². The van der Waals surface area contributed by atoms with E-state index < -0.39 is 0 Å². The minimum atomic E-state index is 0.0952. The maximum atomic E-state index is 11.7. The minimum Gasteiger partial charge on any atom is -0.361 e. The van der Waals surface area contributed by atoms with Crippen molar-refractivity contribution in [2.45, 2.75) is 33.0 Å². The van der Waals surface area contributed by atoms with Crippen LogP contribution in [0.2, 0.25) is 0 Å². The van der Waals surface area contributed by atoms with Gasteiger partial charge in [0, 0.05) is 57.6 Å². The van der Waals surface area contributed by atoms with Crippen molar-refractivity contribution in [3.63, 3.8) is 0 Å². The van der Waals surface area contributed by atoms with E-state index in [0.29, 0.717) is 12.3 Å². The van der Waals surface area contributed by atoms with Crippen LogP contribution in [-0.4, -0.2) is 34.1 Å². The Hall–Kier alpha value is -2.08. The molecular weight excluding hydrogens is 280 g/mol. The number of hydrogen-bond acceptors (Lipinski definition) is 4. The van der Waals surface area contributed by atoms with Gasteiger partial charge in [-0.1, -0.05) is 5.16 Å². The zero-order chi connectivity index (χ0) is 15.5. The van der Waals surface area contributed by atoms with Crippen LogP contribution in [0.4, 0.5) is 0 Å². The summed E-state index contributed by atoms with van der Waals surface area (Å²) in [5.41, 5.74) is 2.22. The van der Waals surface area contributed by atoms with Crippen LogP contribution in [0.3, 0.4) is 0 Å². The number of nitrogens with zero attached hydrogens (tertiary/aromatic N) is 3. The van der Waals surface area contributed by atoms with Crippen LogP contribution in [0.15, 0.2) is 28.9 Å². The Labute approximate surface area is 130 Å². The Morgan fingerprint density at radius 1 is 1.50 bits per heavy atom. The van der Waals surface area contributed by atoms with E-state index in [-0.39, 0.29) is 5.91 Å². The number of fused-ring (bicyclic) bond motifs is 1. The van der Waals surface area contributed by atoms with Crippen molar-refractivity contribution < 1.29 is 9.32 Å². The molecule has 2 aromatic heterocycles. The molecule has 118 valence electrons. The van der Waals surface area contributed by atoms with Crippen LogP contribution >= 0.6 is 0 Å². The van der Waals surface area contributed by atoms with E-state index in [1.165, 1.54) is 5.69 Å². The Bertz CT molecular complexity index is 646. The number of aryl methyl sites for hydroxylation is 1. The molecule has 1 atom stereocenters. The molecule has 1 aliphatic rings. The van der Waals surface area contributed by atoms with E-state index in [1.807, 2.05) is 13.0 Å². The Morgan fingerprint density at radius 3 is 3.09 bits per heavy atom. The Balaban J connectivity index is 1.76. The molecule has 6 nitrogen and oxygen atoms in total. The zero-order valence-electron chi connectivity index (χ0n) is 13.1. The first-order valence-corrected chi connectivity index (χ1v) is 7.63. The average Bonchev–Trinajstić information content (AvgIpc) is 3.04. The second kappa shape index (κ2) is 6.36. The van der Waals surface area contributed by atoms with Gasteiger partial charge in [-0.3, -0.25) is 9.69 Å². The fraction of sp³-hybridized carbons (Fsp3) is 0.500. The second-order valence-electron chi connectivity index (χ2n) is 5.99. The zero-order valence-corrected chi connectivity index (χ0v) is 13.1. The maximum Gasteiger partial charge on any atom is 0.220 e. The summed E-state index contributed by atoms with van der Waals surface area (Å²) in [5, 5.41) is 6.81. The van der Waals surface area contributed by atoms with E-state index in [2.05, 4.69) is 38.3 Å². The van der Waals surface area contributed by atoms with E-state index in [9.17, 15) is 4.79 Å². The summed E-state index contributed by atoms with van der Waals surface area (Å²) >= 11 is 0. The normalized spacial score (nSPS) is 18.7. The SMILES string of the molecule is CNC(=O)CC1CN(Cc2cc(C)on2)Cc2cccn2C1. The van der Waals surface area contributed by atoms with Crippen molar-refractivity contribution in [2.24, 2.45) is 5.92 Å². The predicted octanol–water partition coefficient (Wildman–Crippen LogP) is 1.55. The van der Waals surface area contributed by atoms with E-state index in [4.69, 9.17) is 4.52 Å². The third kappa shape index (κ3) is 3.39. The number of nitrogens with one attached hydrogen (secondary N) is 1. The smallest absolute Gasteiger partial charge is 0.220 e. The largest absolute Gasteiger partial charge is 0.361 e. The first-order chi connectivity index (χ1) is 10.6. The molecule has 3 rings (SSSR count). The lowest BCUT2D eigenvalue weighted by Crippen LogP contribution is -2.31. The van der Waals surface area contributed by atoms with Gasteiger partial charge >= 0.3 is 0 Å². The average molecular weight is 302 g/mol. The first kappa shape index (κ1) is 14.8. The minimum absolute atomic E-state index is 0.0952.